The van der Waals surface area contributed by atoms with Gasteiger partial charge in [-0.05, 0) is 73.4 Å². The highest BCUT2D eigenvalue weighted by molar-refractivity contribution is 6.06. The van der Waals surface area contributed by atoms with Gasteiger partial charge in [-0.1, -0.05) is 12.6 Å². The second-order valence-corrected chi connectivity index (χ2v) is 15.5. The van der Waals surface area contributed by atoms with Crippen molar-refractivity contribution in [1.82, 2.24) is 30.0 Å². The first-order chi connectivity index (χ1) is 25.5. The number of hydrogen-bond donors (Lipinski definition) is 2. The maximum absolute atomic E-state index is 14.1. The van der Waals surface area contributed by atoms with Crippen LogP contribution >= 0.6 is 0 Å². The van der Waals surface area contributed by atoms with Gasteiger partial charge in [-0.15, -0.1) is 0 Å². The van der Waals surface area contributed by atoms with Gasteiger partial charge in [-0.3, -0.25) is 14.8 Å². The predicted octanol–water partition coefficient (Wildman–Crippen LogP) is 4.75. The number of halogens is 3. The molecule has 1 spiro atoms. The number of ether oxygens (including phenoxy) is 2. The van der Waals surface area contributed by atoms with Gasteiger partial charge in [0.05, 0.1) is 17.8 Å². The molecule has 5 fully saturated rings. The monoisotopic (exact) mass is 732 g/mol. The molecule has 12 nitrogen and oxygen atoms in total. The fourth-order valence-corrected chi connectivity index (χ4v) is 8.72. The van der Waals surface area contributed by atoms with Gasteiger partial charge in [-0.2, -0.15) is 23.3 Å². The van der Waals surface area contributed by atoms with Crippen molar-refractivity contribution in [2.75, 3.05) is 75.6 Å². The Balaban J connectivity index is 1.16. The van der Waals surface area contributed by atoms with E-state index in [4.69, 9.17) is 24.5 Å². The van der Waals surface area contributed by atoms with Crippen molar-refractivity contribution in [2.24, 2.45) is 5.41 Å². The smallest absolute Gasteiger partial charge is 0.422 e. The van der Waals surface area contributed by atoms with E-state index in [9.17, 15) is 18.0 Å². The van der Waals surface area contributed by atoms with Crippen molar-refractivity contribution in [1.29, 1.82) is 0 Å². The molecule has 53 heavy (non-hydrogen) atoms. The molecule has 0 unspecified atom stereocenters. The van der Waals surface area contributed by atoms with Gasteiger partial charge in [0, 0.05) is 80.2 Å². The lowest BCUT2D eigenvalue weighted by Gasteiger charge is -2.54. The molecule has 5 aliphatic rings. The van der Waals surface area contributed by atoms with Crippen molar-refractivity contribution >= 4 is 39.5 Å². The standard InChI is InChI=1S/C38H43F3N8O4/c1-3-30(51)49-18-37(19-49)8-10-46(11-9-37)35-27-12-26(23-5-6-23)32(31-22(2)4-7-29-28(31)13-42-45-29)34(52-20-38(39,40)41)33(27)43-36(44-35)48-14-24(15-48)47-16-25(17-47)53-21-50/h3-4,7,12-13,23-25,50H,1,5-6,8-11,14-21H2,2H3,(H,42,45). The first-order valence-electron chi connectivity index (χ1n) is 18.4. The number of carbonyl (C=O) groups is 1. The molecular formula is C38H43F3N8O4. The Labute approximate surface area is 304 Å². The number of anilines is 2. The topological polar surface area (TPSA) is 123 Å². The number of nitrogens with one attached hydrogen (secondary N) is 1. The van der Waals surface area contributed by atoms with Crippen LogP contribution < -0.4 is 14.5 Å². The molecule has 4 saturated heterocycles. The van der Waals surface area contributed by atoms with Crippen molar-refractivity contribution < 1.29 is 32.5 Å². The van der Waals surface area contributed by atoms with Gasteiger partial charge in [0.2, 0.25) is 11.9 Å². The Kier molecular flexibility index (Phi) is 8.31. The number of rotatable bonds is 10. The Morgan fingerprint density at radius 2 is 1.83 bits per heavy atom. The van der Waals surface area contributed by atoms with Crippen LogP contribution in [-0.2, 0) is 9.53 Å². The van der Waals surface area contributed by atoms with E-state index < -0.39 is 12.8 Å². The van der Waals surface area contributed by atoms with Crippen molar-refractivity contribution in [2.45, 2.75) is 56.8 Å². The quantitative estimate of drug-likeness (QED) is 0.175. The van der Waals surface area contributed by atoms with Crippen LogP contribution in [-0.4, -0.2) is 125 Å². The molecule has 0 radical (unpaired) electrons. The summed E-state index contributed by atoms with van der Waals surface area (Å²) in [4.78, 5) is 31.0. The summed E-state index contributed by atoms with van der Waals surface area (Å²) in [6.45, 7) is 9.40. The normalized spacial score (nSPS) is 20.9. The number of aromatic nitrogens is 4. The van der Waals surface area contributed by atoms with Crippen LogP contribution in [0.5, 0.6) is 5.75 Å². The second kappa shape index (κ2) is 12.8. The second-order valence-electron chi connectivity index (χ2n) is 15.5. The maximum Gasteiger partial charge on any atom is 0.422 e. The van der Waals surface area contributed by atoms with Gasteiger partial charge in [-0.25, -0.2) is 4.98 Å². The highest BCUT2D eigenvalue weighted by Crippen LogP contribution is 2.53. The van der Waals surface area contributed by atoms with Crippen LogP contribution in [0.15, 0.2) is 37.1 Å². The van der Waals surface area contributed by atoms with E-state index in [1.807, 2.05) is 24.0 Å². The van der Waals surface area contributed by atoms with Crippen molar-refractivity contribution in [3.05, 3.63) is 48.2 Å². The lowest BCUT2D eigenvalue weighted by molar-refractivity contribution is -0.153. The Bertz CT molecular complexity index is 2070. The summed E-state index contributed by atoms with van der Waals surface area (Å²) < 4.78 is 53.5. The zero-order valence-electron chi connectivity index (χ0n) is 29.7. The molecule has 2 aromatic heterocycles. The number of H-pyrrole nitrogens is 1. The number of amides is 1. The summed E-state index contributed by atoms with van der Waals surface area (Å²) in [5, 5.41) is 17.9. The minimum absolute atomic E-state index is 0.00756. The van der Waals surface area contributed by atoms with Gasteiger partial charge in [0.25, 0.3) is 0 Å². The Morgan fingerprint density at radius 3 is 2.51 bits per heavy atom. The number of aryl methyl sites for hydroxylation is 1. The molecule has 0 bridgehead atoms. The zero-order valence-corrected chi connectivity index (χ0v) is 29.7. The average Bonchev–Trinajstić information content (AvgIpc) is 3.83. The van der Waals surface area contributed by atoms with E-state index in [0.29, 0.717) is 67.5 Å². The summed E-state index contributed by atoms with van der Waals surface area (Å²) in [5.41, 5.74) is 4.47. The van der Waals surface area contributed by atoms with E-state index >= 15 is 0 Å². The van der Waals surface area contributed by atoms with E-state index in [1.165, 1.54) is 6.08 Å². The summed E-state index contributed by atoms with van der Waals surface area (Å²) in [5.74, 6) is 1.39. The maximum atomic E-state index is 14.1. The Hall–Kier alpha value is -4.47. The molecule has 0 atom stereocenters. The first-order valence-corrected chi connectivity index (χ1v) is 18.4. The largest absolute Gasteiger partial charge is 0.481 e. The van der Waals surface area contributed by atoms with Crippen LogP contribution in [0.2, 0.25) is 0 Å². The number of likely N-dealkylation sites (tertiary alicyclic amines) is 2. The molecule has 9 rings (SSSR count). The van der Waals surface area contributed by atoms with Crippen LogP contribution in [0.3, 0.4) is 0 Å². The minimum atomic E-state index is -4.57. The van der Waals surface area contributed by atoms with Crippen LogP contribution in [0.1, 0.15) is 42.7 Å². The van der Waals surface area contributed by atoms with Gasteiger partial charge < -0.3 is 29.3 Å². The number of aliphatic hydroxyl groups is 1. The number of piperidine rings is 1. The number of aromatic amines is 1. The number of hydrogen-bond acceptors (Lipinski definition) is 10. The van der Waals surface area contributed by atoms with Crippen LogP contribution in [0.25, 0.3) is 32.9 Å². The average molecular weight is 733 g/mol. The van der Waals surface area contributed by atoms with Crippen molar-refractivity contribution in [3.8, 4) is 16.9 Å². The van der Waals surface area contributed by atoms with E-state index in [0.717, 1.165) is 66.4 Å². The third-order valence-electron chi connectivity index (χ3n) is 11.9. The van der Waals surface area contributed by atoms with Crippen LogP contribution in [0.4, 0.5) is 24.9 Å². The third kappa shape index (κ3) is 6.15. The van der Waals surface area contributed by atoms with Gasteiger partial charge in [0.1, 0.15) is 18.1 Å². The summed E-state index contributed by atoms with van der Waals surface area (Å²) in [6, 6.07) is 6.25. The lowest BCUT2D eigenvalue weighted by atomic mass is 9.72. The number of alkyl halides is 3. The van der Waals surface area contributed by atoms with E-state index in [1.54, 1.807) is 6.20 Å². The number of aliphatic hydroxyl groups excluding tert-OH is 1. The molecule has 1 aliphatic carbocycles. The SMILES string of the molecule is C=CC(=O)N1CC2(CCN(c3nc(N4CC(N5CC(OCO)C5)C4)nc4c(OCC(F)(F)F)c(-c5c(C)ccc6[nH]ncc56)c(C5CC5)cc34)CC2)C1. The lowest BCUT2D eigenvalue weighted by Crippen LogP contribution is -2.67. The summed E-state index contributed by atoms with van der Waals surface area (Å²) >= 11 is 0. The summed E-state index contributed by atoms with van der Waals surface area (Å²) in [7, 11) is 0. The van der Waals surface area contributed by atoms with Gasteiger partial charge in [0.15, 0.2) is 12.4 Å². The van der Waals surface area contributed by atoms with E-state index in [-0.39, 0.29) is 41.9 Å². The molecule has 1 saturated carbocycles. The molecule has 15 heteroatoms. The zero-order chi connectivity index (χ0) is 36.6. The molecule has 1 amide bonds. The molecule has 4 aromatic rings. The molecule has 2 aromatic carbocycles. The number of carbonyl (C=O) groups excluding carboxylic acids is 1. The molecule has 6 heterocycles. The highest BCUT2D eigenvalue weighted by atomic mass is 19.4. The number of fused-ring (bicyclic) bond motifs is 2. The molecular weight excluding hydrogens is 689 g/mol. The first kappa shape index (κ1) is 34.3. The third-order valence-corrected chi connectivity index (χ3v) is 11.9. The number of nitrogens with zero attached hydrogens (tertiary/aromatic N) is 7. The predicted molar refractivity (Wildman–Crippen MR) is 193 cm³/mol. The summed E-state index contributed by atoms with van der Waals surface area (Å²) in [6.07, 6.45) is 2.09. The fourth-order valence-electron chi connectivity index (χ4n) is 8.72. The minimum Gasteiger partial charge on any atom is -0.481 e. The van der Waals surface area contributed by atoms with E-state index in [2.05, 4.69) is 37.5 Å². The molecule has 2 N–H and O–H groups in total. The fraction of sp³-hybridized carbons (Fsp3) is 0.526. The van der Waals surface area contributed by atoms with Crippen LogP contribution in [0, 0.1) is 12.3 Å². The Morgan fingerprint density at radius 1 is 1.08 bits per heavy atom. The molecule has 280 valence electrons. The highest BCUT2D eigenvalue weighted by Gasteiger charge is 2.47. The van der Waals surface area contributed by atoms with Gasteiger partial charge >= 0.3 is 6.18 Å². The van der Waals surface area contributed by atoms with Crippen molar-refractivity contribution in [3.63, 3.8) is 0 Å². The molecule has 4 aliphatic heterocycles. The number of benzene rings is 2.